The lowest BCUT2D eigenvalue weighted by Crippen LogP contribution is -2.42. The van der Waals surface area contributed by atoms with Crippen LogP contribution < -0.4 is 16.4 Å². The van der Waals surface area contributed by atoms with E-state index in [2.05, 4.69) is 26.3 Å². The molecule has 0 radical (unpaired) electrons. The van der Waals surface area contributed by atoms with Crippen LogP contribution in [0, 0.1) is 5.92 Å². The molecule has 1 saturated heterocycles. The van der Waals surface area contributed by atoms with Crippen molar-refractivity contribution in [2.75, 3.05) is 32.5 Å². The summed E-state index contributed by atoms with van der Waals surface area (Å²) in [5.41, 5.74) is 6.24. The largest absolute Gasteiger partial charge is 0.465 e. The van der Waals surface area contributed by atoms with Crippen LogP contribution in [0.3, 0.4) is 0 Å². The third-order valence-electron chi connectivity index (χ3n) is 5.74. The predicted molar refractivity (Wildman–Crippen MR) is 149 cm³/mol. The van der Waals surface area contributed by atoms with Crippen LogP contribution in [0.25, 0.3) is 0 Å². The number of aliphatic imine (C=N–C) groups is 1. The highest BCUT2D eigenvalue weighted by Gasteiger charge is 2.30. The fraction of sp³-hybridized carbons (Fsp3) is 0.400. The number of thiazole rings is 1. The second kappa shape index (κ2) is 15.2. The van der Waals surface area contributed by atoms with E-state index in [1.165, 1.54) is 18.3 Å². The Morgan fingerprint density at radius 3 is 2.25 bits per heavy atom. The number of carbonyl (C=O) groups excluding carboxylic acids is 3. The summed E-state index contributed by atoms with van der Waals surface area (Å²) in [6.45, 7) is 2.38. The molecule has 3 rings (SSSR count). The Labute approximate surface area is 234 Å². The number of nitrogens with one attached hydrogen (secondary N) is 2. The van der Waals surface area contributed by atoms with Crippen molar-refractivity contribution in [1.82, 2.24) is 20.1 Å². The molecule has 5 amide bonds. The first-order chi connectivity index (χ1) is 18.9. The van der Waals surface area contributed by atoms with Gasteiger partial charge in [0, 0.05) is 40.0 Å². The van der Waals surface area contributed by atoms with Gasteiger partial charge in [-0.25, -0.2) is 19.6 Å². The van der Waals surface area contributed by atoms with E-state index in [-0.39, 0.29) is 23.6 Å². The van der Waals surface area contributed by atoms with Gasteiger partial charge in [0.25, 0.3) is 5.91 Å². The number of primary amides is 1. The molecule has 1 aromatic heterocycles. The summed E-state index contributed by atoms with van der Waals surface area (Å²) in [5.74, 6) is -0.383. The maximum absolute atomic E-state index is 13.4. The molecule has 216 valence electrons. The third-order valence-corrected chi connectivity index (χ3v) is 6.74. The van der Waals surface area contributed by atoms with Crippen LogP contribution in [0.1, 0.15) is 40.7 Å². The molecule has 1 aliphatic rings. The number of benzene rings is 1. The lowest BCUT2D eigenvalue weighted by Gasteiger charge is -2.32. The number of carboxylic acid groups (broad SMARTS) is 2. The minimum Gasteiger partial charge on any atom is -0.465 e. The fourth-order valence-corrected chi connectivity index (χ4v) is 4.93. The van der Waals surface area contributed by atoms with Crippen molar-refractivity contribution in [2.24, 2.45) is 16.6 Å². The SMILES string of the molecule is CC(=O)Nc1nc(CCc2ccc(N=CNC(=O)O)cc2)c(C(=O)N2CCC(C(=O)N(C)C)CC2)s1.NC(=O)O. The molecule has 0 spiro atoms. The summed E-state index contributed by atoms with van der Waals surface area (Å²) < 4.78 is 0. The highest BCUT2D eigenvalue weighted by atomic mass is 32.1. The third kappa shape index (κ3) is 10.3. The predicted octanol–water partition coefficient (Wildman–Crippen LogP) is 2.38. The van der Waals surface area contributed by atoms with Gasteiger partial charge in [0.05, 0.1) is 17.7 Å². The number of aromatic nitrogens is 1. The van der Waals surface area contributed by atoms with Crippen molar-refractivity contribution in [3.05, 3.63) is 40.4 Å². The van der Waals surface area contributed by atoms with Crippen molar-refractivity contribution >= 4 is 58.4 Å². The first kappa shape index (κ1) is 31.7. The maximum Gasteiger partial charge on any atom is 0.409 e. The van der Waals surface area contributed by atoms with Gasteiger partial charge >= 0.3 is 12.2 Å². The molecule has 2 aromatic rings. The summed E-state index contributed by atoms with van der Waals surface area (Å²) in [6.07, 6.45) is 0.927. The number of aryl methyl sites for hydroxylation is 2. The number of nitrogens with zero attached hydrogens (tertiary/aromatic N) is 4. The molecule has 1 aromatic carbocycles. The van der Waals surface area contributed by atoms with E-state index in [0.29, 0.717) is 60.2 Å². The van der Waals surface area contributed by atoms with Crippen LogP contribution in [0.4, 0.5) is 20.4 Å². The van der Waals surface area contributed by atoms with Crippen molar-refractivity contribution in [2.45, 2.75) is 32.6 Å². The minimum absolute atomic E-state index is 0.0767. The monoisotopic (exact) mass is 575 g/mol. The van der Waals surface area contributed by atoms with Gasteiger partial charge in [0.1, 0.15) is 4.88 Å². The van der Waals surface area contributed by atoms with E-state index in [1.807, 2.05) is 12.1 Å². The van der Waals surface area contributed by atoms with Crippen LogP contribution in [0.15, 0.2) is 29.3 Å². The van der Waals surface area contributed by atoms with E-state index >= 15 is 0 Å². The molecular formula is C25H33N7O7S. The Bertz CT molecular complexity index is 1230. The molecule has 14 nitrogen and oxygen atoms in total. The number of carbonyl (C=O) groups is 5. The van der Waals surface area contributed by atoms with E-state index < -0.39 is 12.2 Å². The molecule has 6 N–H and O–H groups in total. The maximum atomic E-state index is 13.4. The molecule has 0 atom stereocenters. The van der Waals surface area contributed by atoms with Crippen molar-refractivity contribution in [1.29, 1.82) is 0 Å². The highest BCUT2D eigenvalue weighted by molar-refractivity contribution is 7.17. The summed E-state index contributed by atoms with van der Waals surface area (Å²) in [7, 11) is 3.48. The zero-order valence-corrected chi connectivity index (χ0v) is 23.2. The molecule has 1 aliphatic heterocycles. The number of nitrogens with two attached hydrogens (primary N) is 1. The van der Waals surface area contributed by atoms with Crippen molar-refractivity contribution in [3.8, 4) is 0 Å². The highest BCUT2D eigenvalue weighted by Crippen LogP contribution is 2.28. The molecule has 0 bridgehead atoms. The number of likely N-dealkylation sites (tertiary alicyclic amines) is 1. The van der Waals surface area contributed by atoms with E-state index in [9.17, 15) is 19.2 Å². The summed E-state index contributed by atoms with van der Waals surface area (Å²) >= 11 is 1.17. The summed E-state index contributed by atoms with van der Waals surface area (Å²) in [6, 6.07) is 7.29. The smallest absolute Gasteiger partial charge is 0.409 e. The second-order valence-electron chi connectivity index (χ2n) is 8.99. The standard InChI is InChI=1S/C24H30N6O5S.CH3NO2/c1-15(31)27-23-28-19(9-6-16-4-7-18(8-5-16)25-14-26-24(34)35)20(36-23)22(33)30-12-10-17(11-13-30)21(32)29(2)3;2-1(3)4/h4-5,7-8,14,17H,6,9-13H2,1-3H3,(H,25,26)(H,34,35)(H,27,28,31);2H2,(H,3,4). The van der Waals surface area contributed by atoms with Gasteiger partial charge in [-0.05, 0) is 43.4 Å². The zero-order valence-electron chi connectivity index (χ0n) is 22.4. The van der Waals surface area contributed by atoms with Gasteiger partial charge < -0.3 is 31.1 Å². The van der Waals surface area contributed by atoms with Gasteiger partial charge in [-0.15, -0.1) is 0 Å². The molecular weight excluding hydrogens is 542 g/mol. The molecule has 0 saturated carbocycles. The first-order valence-electron chi connectivity index (χ1n) is 12.2. The Hall–Kier alpha value is -4.53. The van der Waals surface area contributed by atoms with Crippen LogP contribution in [-0.2, 0) is 22.4 Å². The lowest BCUT2D eigenvalue weighted by atomic mass is 9.95. The molecule has 0 unspecified atom stereocenters. The van der Waals surface area contributed by atoms with Gasteiger partial charge in [0.2, 0.25) is 11.8 Å². The molecule has 0 aliphatic carbocycles. The van der Waals surface area contributed by atoms with E-state index in [0.717, 1.165) is 11.9 Å². The fourth-order valence-electron chi connectivity index (χ4n) is 3.90. The Kier molecular flexibility index (Phi) is 12.0. The Balaban J connectivity index is 0.00000131. The molecule has 2 heterocycles. The van der Waals surface area contributed by atoms with Crippen molar-refractivity contribution in [3.63, 3.8) is 0 Å². The van der Waals surface area contributed by atoms with Gasteiger partial charge in [-0.1, -0.05) is 23.5 Å². The van der Waals surface area contributed by atoms with Crippen LogP contribution in [0.2, 0.25) is 0 Å². The van der Waals surface area contributed by atoms with Gasteiger partial charge in [-0.2, -0.15) is 0 Å². The van der Waals surface area contributed by atoms with Crippen molar-refractivity contribution < 1.29 is 34.2 Å². The number of hydrogen-bond donors (Lipinski definition) is 5. The first-order valence-corrected chi connectivity index (χ1v) is 13.1. The quantitative estimate of drug-likeness (QED) is 0.233. The van der Waals surface area contributed by atoms with E-state index in [4.69, 9.17) is 15.0 Å². The van der Waals surface area contributed by atoms with E-state index in [1.54, 1.807) is 36.0 Å². The van der Waals surface area contributed by atoms with Gasteiger partial charge in [-0.3, -0.25) is 19.7 Å². The number of piperidine rings is 1. The van der Waals surface area contributed by atoms with Gasteiger partial charge in [0.15, 0.2) is 5.13 Å². The molecule has 1 fully saturated rings. The average Bonchev–Trinajstić information content (AvgIpc) is 3.28. The second-order valence-corrected chi connectivity index (χ2v) is 9.99. The summed E-state index contributed by atoms with van der Waals surface area (Å²) in [4.78, 5) is 68.8. The lowest BCUT2D eigenvalue weighted by molar-refractivity contribution is -0.134. The average molecular weight is 576 g/mol. The number of hydrogen-bond acceptors (Lipinski definition) is 8. The molecule has 40 heavy (non-hydrogen) atoms. The van der Waals surface area contributed by atoms with Crippen LogP contribution >= 0.6 is 11.3 Å². The Morgan fingerprint density at radius 2 is 1.73 bits per heavy atom. The summed E-state index contributed by atoms with van der Waals surface area (Å²) in [5, 5.41) is 20.9. The number of rotatable bonds is 8. The minimum atomic E-state index is -1.33. The normalized spacial score (nSPS) is 13.2. The Morgan fingerprint density at radius 1 is 1.12 bits per heavy atom. The number of anilines is 1. The number of amides is 5. The molecule has 15 heteroatoms. The zero-order chi connectivity index (χ0) is 29.8. The topological polar surface area (TPSA) is 208 Å². The van der Waals surface area contributed by atoms with Crippen LogP contribution in [-0.4, -0.2) is 88.4 Å². The van der Waals surface area contributed by atoms with Crippen LogP contribution in [0.5, 0.6) is 0 Å².